The largest absolute Gasteiger partial charge is 0.462 e. The number of esters is 3. The van der Waals surface area contributed by atoms with E-state index in [0.717, 1.165) is 96.3 Å². The van der Waals surface area contributed by atoms with E-state index in [0.29, 0.717) is 19.3 Å². The third-order valence-corrected chi connectivity index (χ3v) is 14.7. The molecule has 0 rings (SSSR count). The van der Waals surface area contributed by atoms with Gasteiger partial charge in [0.1, 0.15) is 13.2 Å². The summed E-state index contributed by atoms with van der Waals surface area (Å²) in [5.74, 6) is -0.866. The summed E-state index contributed by atoms with van der Waals surface area (Å²) in [5.41, 5.74) is 0. The summed E-state index contributed by atoms with van der Waals surface area (Å²) in [6, 6.07) is 0. The Labute approximate surface area is 478 Å². The van der Waals surface area contributed by atoms with E-state index < -0.39 is 6.10 Å². The van der Waals surface area contributed by atoms with Crippen molar-refractivity contribution in [2.24, 2.45) is 0 Å². The van der Waals surface area contributed by atoms with Gasteiger partial charge >= 0.3 is 17.9 Å². The minimum absolute atomic E-state index is 0.0733. The molecule has 0 aromatic carbocycles. The van der Waals surface area contributed by atoms with Crippen molar-refractivity contribution in [1.82, 2.24) is 0 Å². The molecule has 446 valence electrons. The second-order valence-electron chi connectivity index (χ2n) is 22.4. The fourth-order valence-electron chi connectivity index (χ4n) is 9.70. The minimum atomic E-state index is -0.775. The molecule has 6 heteroatoms. The maximum atomic E-state index is 12.9. The highest BCUT2D eigenvalue weighted by molar-refractivity contribution is 5.71. The number of rotatable bonds is 61. The molecule has 0 N–H and O–H groups in total. The average Bonchev–Trinajstić information content (AvgIpc) is 3.43. The zero-order valence-corrected chi connectivity index (χ0v) is 51.2. The lowest BCUT2D eigenvalue weighted by Crippen LogP contribution is -2.30. The molecule has 0 aliphatic rings. The highest BCUT2D eigenvalue weighted by Gasteiger charge is 2.19. The van der Waals surface area contributed by atoms with Gasteiger partial charge in [-0.3, -0.25) is 14.4 Å². The number of carbonyl (C=O) groups excluding carboxylic acids is 3. The van der Waals surface area contributed by atoms with Crippen LogP contribution in [0.15, 0.2) is 72.9 Å². The SMILES string of the molecule is CC/C=C\C/C=C\C/C=C\C/C=C\CCCCCCCCCCCCCCCCCCCCCCC(=O)OCC(COC(=O)CCCCCCCCCCC)OC(=O)CCCCCCCCC/C=C\C/C=C\CCCCC. The summed E-state index contributed by atoms with van der Waals surface area (Å²) < 4.78 is 16.9. The van der Waals surface area contributed by atoms with Gasteiger partial charge in [0.25, 0.3) is 0 Å². The molecule has 0 aliphatic carbocycles. The lowest BCUT2D eigenvalue weighted by atomic mass is 10.0. The molecule has 0 saturated heterocycles. The van der Waals surface area contributed by atoms with Crippen LogP contribution in [0, 0.1) is 0 Å². The Hall–Kier alpha value is -3.15. The molecule has 1 unspecified atom stereocenters. The molecule has 0 fully saturated rings. The quantitative estimate of drug-likeness (QED) is 0.0261. The lowest BCUT2D eigenvalue weighted by Gasteiger charge is -2.18. The molecular formula is C71H126O6. The topological polar surface area (TPSA) is 78.9 Å². The van der Waals surface area contributed by atoms with E-state index in [2.05, 4.69) is 93.7 Å². The van der Waals surface area contributed by atoms with Gasteiger partial charge in [-0.15, -0.1) is 0 Å². The van der Waals surface area contributed by atoms with E-state index in [4.69, 9.17) is 14.2 Å². The Balaban J connectivity index is 4.05. The van der Waals surface area contributed by atoms with Crippen molar-refractivity contribution in [3.05, 3.63) is 72.9 Å². The monoisotopic (exact) mass is 1070 g/mol. The normalized spacial score (nSPS) is 12.5. The maximum absolute atomic E-state index is 12.9. The third-order valence-electron chi connectivity index (χ3n) is 14.7. The van der Waals surface area contributed by atoms with Crippen LogP contribution in [0.3, 0.4) is 0 Å². The number of hydrogen-bond acceptors (Lipinski definition) is 6. The summed E-state index contributed by atoms with van der Waals surface area (Å²) in [7, 11) is 0. The van der Waals surface area contributed by atoms with Crippen LogP contribution in [0.25, 0.3) is 0 Å². The molecule has 0 saturated carbocycles. The van der Waals surface area contributed by atoms with Crippen LogP contribution < -0.4 is 0 Å². The Bertz CT molecular complexity index is 1420. The molecule has 0 bridgehead atoms. The van der Waals surface area contributed by atoms with E-state index in [9.17, 15) is 14.4 Å². The summed E-state index contributed by atoms with van der Waals surface area (Å²) in [5, 5.41) is 0. The van der Waals surface area contributed by atoms with Crippen molar-refractivity contribution in [3.8, 4) is 0 Å². The summed E-state index contributed by atoms with van der Waals surface area (Å²) in [6.45, 7) is 6.52. The number of unbranched alkanes of at least 4 members (excludes halogenated alkanes) is 38. The van der Waals surface area contributed by atoms with E-state index >= 15 is 0 Å². The molecule has 1 atom stereocenters. The second-order valence-corrected chi connectivity index (χ2v) is 22.4. The summed E-state index contributed by atoms with van der Waals surface area (Å²) >= 11 is 0. The van der Waals surface area contributed by atoms with Crippen LogP contribution in [0.2, 0.25) is 0 Å². The van der Waals surface area contributed by atoms with Crippen LogP contribution >= 0.6 is 0 Å². The number of hydrogen-bond donors (Lipinski definition) is 0. The Kier molecular flexibility index (Phi) is 62.7. The van der Waals surface area contributed by atoms with Crippen molar-refractivity contribution in [3.63, 3.8) is 0 Å². The van der Waals surface area contributed by atoms with Crippen LogP contribution in [0.4, 0.5) is 0 Å². The van der Waals surface area contributed by atoms with Crippen molar-refractivity contribution >= 4 is 17.9 Å². The van der Waals surface area contributed by atoms with E-state index in [1.54, 1.807) is 0 Å². The molecule has 0 aliphatic heterocycles. The van der Waals surface area contributed by atoms with Crippen LogP contribution in [0.1, 0.15) is 342 Å². The maximum Gasteiger partial charge on any atom is 0.306 e. The van der Waals surface area contributed by atoms with Crippen molar-refractivity contribution in [1.29, 1.82) is 0 Å². The predicted octanol–water partition coefficient (Wildman–Crippen LogP) is 22.9. The molecular weight excluding hydrogens is 949 g/mol. The van der Waals surface area contributed by atoms with E-state index in [1.165, 1.54) is 205 Å². The molecule has 77 heavy (non-hydrogen) atoms. The van der Waals surface area contributed by atoms with Gasteiger partial charge in [0, 0.05) is 19.3 Å². The number of ether oxygens (including phenoxy) is 3. The fraction of sp³-hybridized carbons (Fsp3) is 0.789. The van der Waals surface area contributed by atoms with E-state index in [-0.39, 0.29) is 31.1 Å². The molecule has 0 amide bonds. The van der Waals surface area contributed by atoms with Gasteiger partial charge < -0.3 is 14.2 Å². The average molecular weight is 1080 g/mol. The third kappa shape index (κ3) is 63.6. The number of carbonyl (C=O) groups is 3. The molecule has 0 aromatic heterocycles. The van der Waals surface area contributed by atoms with Gasteiger partial charge in [-0.25, -0.2) is 0 Å². The fourth-order valence-corrected chi connectivity index (χ4v) is 9.70. The van der Waals surface area contributed by atoms with Gasteiger partial charge in [0.2, 0.25) is 0 Å². The first-order valence-electron chi connectivity index (χ1n) is 33.4. The molecule has 6 nitrogen and oxygen atoms in total. The predicted molar refractivity (Wildman–Crippen MR) is 335 cm³/mol. The zero-order chi connectivity index (χ0) is 55.7. The van der Waals surface area contributed by atoms with E-state index in [1.807, 2.05) is 0 Å². The smallest absolute Gasteiger partial charge is 0.306 e. The highest BCUT2D eigenvalue weighted by atomic mass is 16.6. The Morgan fingerprint density at radius 1 is 0.273 bits per heavy atom. The first kappa shape index (κ1) is 73.8. The molecule has 0 radical (unpaired) electrons. The molecule has 0 aromatic rings. The summed E-state index contributed by atoms with van der Waals surface area (Å²) in [6.07, 6.45) is 85.1. The first-order chi connectivity index (χ1) is 38.0. The second kappa shape index (κ2) is 65.4. The minimum Gasteiger partial charge on any atom is -0.462 e. The van der Waals surface area contributed by atoms with Crippen molar-refractivity contribution in [2.45, 2.75) is 348 Å². The first-order valence-corrected chi connectivity index (χ1v) is 33.4. The van der Waals surface area contributed by atoms with Gasteiger partial charge in [0.05, 0.1) is 0 Å². The van der Waals surface area contributed by atoms with Gasteiger partial charge in [-0.2, -0.15) is 0 Å². The van der Waals surface area contributed by atoms with Crippen molar-refractivity contribution in [2.75, 3.05) is 13.2 Å². The lowest BCUT2D eigenvalue weighted by molar-refractivity contribution is -0.167. The van der Waals surface area contributed by atoms with Crippen molar-refractivity contribution < 1.29 is 28.6 Å². The van der Waals surface area contributed by atoms with Crippen LogP contribution in [-0.4, -0.2) is 37.2 Å². The standard InChI is InChI=1S/C71H126O6/c1-4-7-10-13-16-19-21-23-25-27-28-29-30-31-32-33-34-35-36-37-38-39-40-41-42-44-45-47-49-52-55-58-61-64-70(73)76-67-68(66-75-69(72)63-60-57-54-51-18-15-12-9-6-3)77-71(74)65-62-59-56-53-50-48-46-43-26-24-22-20-17-14-11-8-5-2/h7,10,16-17,19-20,23-26,28-29,68H,4-6,8-9,11-15,18,21-22,27,30-67H2,1-3H3/b10-7-,19-16-,20-17-,25-23-,26-24-,29-28-. The molecule has 0 spiro atoms. The number of allylic oxidation sites excluding steroid dienone is 12. The highest BCUT2D eigenvalue weighted by Crippen LogP contribution is 2.17. The van der Waals surface area contributed by atoms with Gasteiger partial charge in [-0.05, 0) is 89.9 Å². The zero-order valence-electron chi connectivity index (χ0n) is 51.2. The van der Waals surface area contributed by atoms with Crippen LogP contribution in [-0.2, 0) is 28.6 Å². The van der Waals surface area contributed by atoms with Gasteiger partial charge in [0.15, 0.2) is 6.10 Å². The van der Waals surface area contributed by atoms with Crippen LogP contribution in [0.5, 0.6) is 0 Å². The van der Waals surface area contributed by atoms with Gasteiger partial charge in [-0.1, -0.05) is 306 Å². The summed E-state index contributed by atoms with van der Waals surface area (Å²) in [4.78, 5) is 38.2. The molecule has 0 heterocycles. The Morgan fingerprint density at radius 3 is 0.818 bits per heavy atom. The Morgan fingerprint density at radius 2 is 0.506 bits per heavy atom.